The number of amides is 1. The zero-order valence-electron chi connectivity index (χ0n) is 15.6. The molecule has 9 heteroatoms. The van der Waals surface area contributed by atoms with Gasteiger partial charge < -0.3 is 9.73 Å². The van der Waals surface area contributed by atoms with E-state index in [0.29, 0.717) is 30.0 Å². The van der Waals surface area contributed by atoms with Crippen molar-refractivity contribution >= 4 is 37.5 Å². The van der Waals surface area contributed by atoms with Gasteiger partial charge in [0, 0.05) is 18.8 Å². The summed E-state index contributed by atoms with van der Waals surface area (Å²) in [5.41, 5.74) is 0.447. The van der Waals surface area contributed by atoms with E-state index in [1.165, 1.54) is 16.4 Å². The van der Waals surface area contributed by atoms with Crippen LogP contribution in [0.15, 0.2) is 50.4 Å². The zero-order chi connectivity index (χ0) is 20.0. The standard InChI is InChI=1S/C18H24BrN3O4S/c1-4-22(5-2)27(24,25)16-8-6-7-14(11-16)20-18(23)13-21(3)12-15-9-10-17(19)26-15/h6-11H,4-5,12-13H2,1-3H3,(H,20,23). The molecule has 0 saturated carbocycles. The third-order valence-corrected chi connectivity index (χ3v) is 6.40. The van der Waals surface area contributed by atoms with E-state index in [1.807, 2.05) is 6.07 Å². The van der Waals surface area contributed by atoms with Crippen LogP contribution in [-0.2, 0) is 21.4 Å². The van der Waals surface area contributed by atoms with Crippen LogP contribution in [0.3, 0.4) is 0 Å². The molecule has 0 aliphatic rings. The highest BCUT2D eigenvalue weighted by molar-refractivity contribution is 9.10. The van der Waals surface area contributed by atoms with Gasteiger partial charge in [0.25, 0.3) is 0 Å². The Morgan fingerprint density at radius 3 is 2.48 bits per heavy atom. The molecule has 0 fully saturated rings. The Morgan fingerprint density at radius 1 is 1.19 bits per heavy atom. The van der Waals surface area contributed by atoms with E-state index < -0.39 is 10.0 Å². The number of sulfonamides is 1. The van der Waals surface area contributed by atoms with Crippen molar-refractivity contribution in [2.75, 3.05) is 32.0 Å². The maximum Gasteiger partial charge on any atom is 0.243 e. The van der Waals surface area contributed by atoms with Gasteiger partial charge in [-0.25, -0.2) is 8.42 Å². The fourth-order valence-corrected chi connectivity index (χ4v) is 4.50. The van der Waals surface area contributed by atoms with E-state index in [1.54, 1.807) is 44.0 Å². The summed E-state index contributed by atoms with van der Waals surface area (Å²) in [5, 5.41) is 2.75. The first-order valence-electron chi connectivity index (χ1n) is 8.59. The van der Waals surface area contributed by atoms with Crippen LogP contribution < -0.4 is 5.32 Å². The molecule has 0 radical (unpaired) electrons. The molecule has 2 rings (SSSR count). The third kappa shape index (κ3) is 5.90. The predicted molar refractivity (Wildman–Crippen MR) is 108 cm³/mol. The molecule has 0 aliphatic heterocycles. The second kappa shape index (κ2) is 9.50. The van der Waals surface area contributed by atoms with Gasteiger partial charge in [-0.15, -0.1) is 0 Å². The molecule has 2 aromatic rings. The lowest BCUT2D eigenvalue weighted by atomic mass is 10.3. The van der Waals surface area contributed by atoms with Crippen LogP contribution in [-0.4, -0.2) is 50.2 Å². The number of furan rings is 1. The van der Waals surface area contributed by atoms with E-state index in [9.17, 15) is 13.2 Å². The summed E-state index contributed by atoms with van der Waals surface area (Å²) in [6, 6.07) is 9.93. The molecule has 7 nitrogen and oxygen atoms in total. The lowest BCUT2D eigenvalue weighted by Crippen LogP contribution is -2.31. The molecule has 1 heterocycles. The Morgan fingerprint density at radius 2 is 1.89 bits per heavy atom. The molecule has 0 aliphatic carbocycles. The van der Waals surface area contributed by atoms with Gasteiger partial charge in [-0.3, -0.25) is 9.69 Å². The maximum absolute atomic E-state index is 12.6. The fraction of sp³-hybridized carbons (Fsp3) is 0.389. The first-order valence-corrected chi connectivity index (χ1v) is 10.8. The van der Waals surface area contributed by atoms with E-state index in [0.717, 1.165) is 5.76 Å². The molecule has 1 N–H and O–H groups in total. The number of anilines is 1. The highest BCUT2D eigenvalue weighted by atomic mass is 79.9. The van der Waals surface area contributed by atoms with Crippen molar-refractivity contribution in [1.82, 2.24) is 9.21 Å². The number of hydrogen-bond donors (Lipinski definition) is 1. The second-order valence-corrected chi connectivity index (χ2v) is 8.76. The normalized spacial score (nSPS) is 11.9. The molecule has 0 bridgehead atoms. The first kappa shape index (κ1) is 21.6. The number of carbonyl (C=O) groups is 1. The summed E-state index contributed by atoms with van der Waals surface area (Å²) in [7, 11) is -1.76. The van der Waals surface area contributed by atoms with Gasteiger partial charge in [-0.1, -0.05) is 19.9 Å². The van der Waals surface area contributed by atoms with Crippen molar-refractivity contribution < 1.29 is 17.6 Å². The monoisotopic (exact) mass is 457 g/mol. The minimum absolute atomic E-state index is 0.144. The Hall–Kier alpha value is -1.68. The quantitative estimate of drug-likeness (QED) is 0.625. The molecule has 0 unspecified atom stereocenters. The van der Waals surface area contributed by atoms with Crippen LogP contribution in [0.2, 0.25) is 0 Å². The minimum Gasteiger partial charge on any atom is -0.453 e. The molecule has 27 heavy (non-hydrogen) atoms. The molecule has 0 spiro atoms. The third-order valence-electron chi connectivity index (χ3n) is 3.93. The molecule has 1 amide bonds. The van der Waals surface area contributed by atoms with Gasteiger partial charge in [0.05, 0.1) is 18.0 Å². The van der Waals surface area contributed by atoms with Gasteiger partial charge in [0.1, 0.15) is 5.76 Å². The topological polar surface area (TPSA) is 82.9 Å². The largest absolute Gasteiger partial charge is 0.453 e. The first-order chi connectivity index (χ1) is 12.8. The number of nitrogens with one attached hydrogen (secondary N) is 1. The van der Waals surface area contributed by atoms with Crippen molar-refractivity contribution in [3.8, 4) is 0 Å². The minimum atomic E-state index is -3.57. The summed E-state index contributed by atoms with van der Waals surface area (Å²) in [6.45, 7) is 4.99. The second-order valence-electron chi connectivity index (χ2n) is 6.04. The molecule has 148 valence electrons. The highest BCUT2D eigenvalue weighted by Crippen LogP contribution is 2.20. The van der Waals surface area contributed by atoms with Crippen LogP contribution in [0.4, 0.5) is 5.69 Å². The number of carbonyl (C=O) groups excluding carboxylic acids is 1. The summed E-state index contributed by atoms with van der Waals surface area (Å²) < 4.78 is 32.7. The van der Waals surface area contributed by atoms with Crippen molar-refractivity contribution in [3.63, 3.8) is 0 Å². The van der Waals surface area contributed by atoms with Crippen molar-refractivity contribution in [3.05, 3.63) is 46.8 Å². The number of halogens is 1. The summed E-state index contributed by atoms with van der Waals surface area (Å²) in [4.78, 5) is 14.2. The Bertz CT molecular complexity index is 878. The van der Waals surface area contributed by atoms with Crippen LogP contribution in [0.25, 0.3) is 0 Å². The molecule has 1 aromatic carbocycles. The van der Waals surface area contributed by atoms with E-state index in [4.69, 9.17) is 4.42 Å². The number of rotatable bonds is 9. The molecular formula is C18H24BrN3O4S. The predicted octanol–water partition coefficient (Wildman–Crippen LogP) is 3.14. The molecule has 0 saturated heterocycles. The molecule has 0 atom stereocenters. The van der Waals surface area contributed by atoms with Crippen molar-refractivity contribution in [2.24, 2.45) is 0 Å². The number of likely N-dealkylation sites (N-methyl/N-ethyl adjacent to an activating group) is 1. The van der Waals surface area contributed by atoms with Gasteiger partial charge in [-0.2, -0.15) is 4.31 Å². The molecular weight excluding hydrogens is 434 g/mol. The average molecular weight is 458 g/mol. The fourth-order valence-electron chi connectivity index (χ4n) is 2.65. The lowest BCUT2D eigenvalue weighted by Gasteiger charge is -2.19. The Balaban J connectivity index is 2.01. The smallest absolute Gasteiger partial charge is 0.243 e. The zero-order valence-corrected chi connectivity index (χ0v) is 18.0. The summed E-state index contributed by atoms with van der Waals surface area (Å²) >= 11 is 3.24. The van der Waals surface area contributed by atoms with Crippen molar-refractivity contribution in [1.29, 1.82) is 0 Å². The van der Waals surface area contributed by atoms with Crippen molar-refractivity contribution in [2.45, 2.75) is 25.3 Å². The van der Waals surface area contributed by atoms with Gasteiger partial charge in [-0.05, 0) is 53.3 Å². The Kier molecular flexibility index (Phi) is 7.60. The maximum atomic E-state index is 12.6. The van der Waals surface area contributed by atoms with E-state index >= 15 is 0 Å². The van der Waals surface area contributed by atoms with E-state index in [2.05, 4.69) is 21.2 Å². The van der Waals surface area contributed by atoms with Crippen LogP contribution in [0.5, 0.6) is 0 Å². The molecule has 1 aromatic heterocycles. The van der Waals surface area contributed by atoms with Gasteiger partial charge >= 0.3 is 0 Å². The SMILES string of the molecule is CCN(CC)S(=O)(=O)c1cccc(NC(=O)CN(C)Cc2ccc(Br)o2)c1. The van der Waals surface area contributed by atoms with Gasteiger partial charge in [0.15, 0.2) is 4.67 Å². The average Bonchev–Trinajstić information content (AvgIpc) is 3.00. The number of nitrogens with zero attached hydrogens (tertiary/aromatic N) is 2. The number of benzene rings is 1. The highest BCUT2D eigenvalue weighted by Gasteiger charge is 2.22. The van der Waals surface area contributed by atoms with Crippen LogP contribution >= 0.6 is 15.9 Å². The van der Waals surface area contributed by atoms with E-state index in [-0.39, 0.29) is 17.3 Å². The van der Waals surface area contributed by atoms with Crippen LogP contribution in [0.1, 0.15) is 19.6 Å². The Labute approximate surface area is 168 Å². The number of hydrogen-bond acceptors (Lipinski definition) is 5. The van der Waals surface area contributed by atoms with Gasteiger partial charge in [0.2, 0.25) is 15.9 Å². The lowest BCUT2D eigenvalue weighted by molar-refractivity contribution is -0.117. The summed E-state index contributed by atoms with van der Waals surface area (Å²) in [5.74, 6) is 0.505. The van der Waals surface area contributed by atoms with Crippen LogP contribution in [0, 0.1) is 0 Å². The summed E-state index contributed by atoms with van der Waals surface area (Å²) in [6.07, 6.45) is 0.